The van der Waals surface area contributed by atoms with Crippen molar-refractivity contribution in [1.82, 2.24) is 3.97 Å². The molecular weight excluding hydrogens is 537 g/mol. The maximum atomic E-state index is 13.9. The molecule has 0 spiro atoms. The van der Waals surface area contributed by atoms with E-state index in [0.29, 0.717) is 5.56 Å². The summed E-state index contributed by atoms with van der Waals surface area (Å²) in [7, 11) is -4.39. The van der Waals surface area contributed by atoms with Gasteiger partial charge in [0.25, 0.3) is 10.0 Å². The van der Waals surface area contributed by atoms with Crippen LogP contribution in [0.5, 0.6) is 0 Å². The lowest BCUT2D eigenvalue weighted by Gasteiger charge is -2.12. The summed E-state index contributed by atoms with van der Waals surface area (Å²) in [6, 6.07) is 17.1. The second kappa shape index (κ2) is 10.4. The van der Waals surface area contributed by atoms with Crippen molar-refractivity contribution in [2.45, 2.75) is 18.7 Å². The highest BCUT2D eigenvalue weighted by Gasteiger charge is 2.33. The Balaban J connectivity index is 2.19. The van der Waals surface area contributed by atoms with Gasteiger partial charge in [-0.15, -0.1) is 0 Å². The zero-order valence-electron chi connectivity index (χ0n) is 19.7. The Morgan fingerprint density at radius 2 is 1.68 bits per heavy atom. The van der Waals surface area contributed by atoms with E-state index in [1.807, 2.05) is 6.92 Å². The topological polar surface area (TPSA) is 103 Å². The van der Waals surface area contributed by atoms with Crippen LogP contribution in [0, 0.1) is 6.92 Å². The van der Waals surface area contributed by atoms with Crippen molar-refractivity contribution in [2.75, 3.05) is 6.61 Å². The lowest BCUT2D eigenvalue weighted by atomic mass is 10.0. The molecule has 190 valence electrons. The van der Waals surface area contributed by atoms with Crippen LogP contribution in [0.15, 0.2) is 71.6 Å². The number of aryl methyl sites for hydroxylation is 1. The number of aromatic nitrogens is 1. The molecule has 0 aliphatic rings. The third-order valence-electron chi connectivity index (χ3n) is 5.61. The van der Waals surface area contributed by atoms with Crippen LogP contribution in [0.2, 0.25) is 10.0 Å². The summed E-state index contributed by atoms with van der Waals surface area (Å²) in [4.78, 5) is 25.5. The Labute approximate surface area is 223 Å². The van der Waals surface area contributed by atoms with Crippen LogP contribution in [0.4, 0.5) is 0 Å². The minimum Gasteiger partial charge on any atom is -0.478 e. The summed E-state index contributed by atoms with van der Waals surface area (Å²) in [5, 5.41) is 10.3. The second-order valence-electron chi connectivity index (χ2n) is 8.08. The van der Waals surface area contributed by atoms with E-state index in [-0.39, 0.29) is 43.6 Å². The Kier molecular flexibility index (Phi) is 7.45. The van der Waals surface area contributed by atoms with E-state index in [0.717, 1.165) is 9.54 Å². The highest BCUT2D eigenvalue weighted by atomic mass is 35.5. The highest BCUT2D eigenvalue weighted by Crippen LogP contribution is 2.39. The van der Waals surface area contributed by atoms with Crippen molar-refractivity contribution in [3.8, 4) is 0 Å². The SMILES string of the molecule is CCOC(=O)c1c(C=C(C(=O)O)c2ccccc2)c2c(Cl)cc(Cl)cc2n1S(=O)(=O)c1ccc(C)cc1. The van der Waals surface area contributed by atoms with Crippen molar-refractivity contribution < 1.29 is 27.9 Å². The molecule has 10 heteroatoms. The molecule has 0 amide bonds. The molecule has 0 radical (unpaired) electrons. The van der Waals surface area contributed by atoms with Gasteiger partial charge in [-0.25, -0.2) is 22.0 Å². The Bertz CT molecular complexity index is 1660. The number of nitrogens with zero attached hydrogens (tertiary/aromatic N) is 1. The van der Waals surface area contributed by atoms with E-state index in [1.165, 1.54) is 30.3 Å². The molecule has 0 saturated carbocycles. The number of hydrogen-bond acceptors (Lipinski definition) is 5. The van der Waals surface area contributed by atoms with E-state index in [9.17, 15) is 23.1 Å². The van der Waals surface area contributed by atoms with E-state index in [4.69, 9.17) is 27.9 Å². The number of carboxylic acids is 1. The normalized spacial score (nSPS) is 12.1. The van der Waals surface area contributed by atoms with Crippen LogP contribution in [0.25, 0.3) is 22.6 Å². The van der Waals surface area contributed by atoms with Gasteiger partial charge < -0.3 is 9.84 Å². The average Bonchev–Trinajstić information content (AvgIpc) is 3.18. The molecule has 1 aromatic heterocycles. The fourth-order valence-corrected chi connectivity index (χ4v) is 6.06. The van der Waals surface area contributed by atoms with Crippen molar-refractivity contribution in [2.24, 2.45) is 0 Å². The van der Waals surface area contributed by atoms with E-state index >= 15 is 0 Å². The number of rotatable bonds is 7. The second-order valence-corrected chi connectivity index (χ2v) is 10.7. The van der Waals surface area contributed by atoms with Gasteiger partial charge in [0.05, 0.1) is 27.6 Å². The van der Waals surface area contributed by atoms with Gasteiger partial charge in [-0.2, -0.15) is 0 Å². The Hall–Kier alpha value is -3.59. The van der Waals surface area contributed by atoms with Crippen LogP contribution in [0.1, 0.15) is 34.1 Å². The maximum absolute atomic E-state index is 13.9. The number of esters is 1. The minimum absolute atomic E-state index is 0.00479. The van der Waals surface area contributed by atoms with Crippen LogP contribution in [-0.4, -0.2) is 36.0 Å². The molecule has 0 bridgehead atoms. The lowest BCUT2D eigenvalue weighted by molar-refractivity contribution is -0.130. The molecule has 0 aliphatic heterocycles. The van der Waals surface area contributed by atoms with Gasteiger partial charge >= 0.3 is 11.9 Å². The third-order valence-corrected chi connectivity index (χ3v) is 7.86. The lowest BCUT2D eigenvalue weighted by Crippen LogP contribution is -2.20. The van der Waals surface area contributed by atoms with Crippen molar-refractivity contribution in [1.29, 1.82) is 0 Å². The predicted molar refractivity (Wildman–Crippen MR) is 144 cm³/mol. The van der Waals surface area contributed by atoms with Gasteiger partial charge in [0.1, 0.15) is 0 Å². The van der Waals surface area contributed by atoms with Gasteiger partial charge in [-0.1, -0.05) is 71.2 Å². The molecule has 4 rings (SSSR count). The Morgan fingerprint density at radius 1 is 1.03 bits per heavy atom. The van der Waals surface area contributed by atoms with Crippen LogP contribution < -0.4 is 0 Å². The number of halogens is 2. The summed E-state index contributed by atoms with van der Waals surface area (Å²) >= 11 is 12.8. The number of carbonyl (C=O) groups excluding carboxylic acids is 1. The molecule has 3 aromatic carbocycles. The monoisotopic (exact) mass is 557 g/mol. The Morgan fingerprint density at radius 3 is 2.27 bits per heavy atom. The summed E-state index contributed by atoms with van der Waals surface area (Å²) in [5.41, 5.74) is 0.597. The largest absolute Gasteiger partial charge is 0.478 e. The average molecular weight is 558 g/mol. The number of carboxylic acid groups (broad SMARTS) is 1. The summed E-state index contributed by atoms with van der Waals surface area (Å²) < 4.78 is 33.9. The molecule has 0 unspecified atom stereocenters. The first-order valence-electron chi connectivity index (χ1n) is 11.1. The van der Waals surface area contributed by atoms with Crippen molar-refractivity contribution >= 4 is 67.7 Å². The summed E-state index contributed by atoms with van der Waals surface area (Å²) in [6.07, 6.45) is 1.23. The molecule has 0 atom stereocenters. The zero-order valence-corrected chi connectivity index (χ0v) is 22.1. The smallest absolute Gasteiger partial charge is 0.356 e. The number of fused-ring (bicyclic) bond motifs is 1. The summed E-state index contributed by atoms with van der Waals surface area (Å²) in [6.45, 7) is 3.34. The molecule has 1 N–H and O–H groups in total. The number of benzene rings is 3. The van der Waals surface area contributed by atoms with Crippen LogP contribution >= 0.6 is 23.2 Å². The molecule has 37 heavy (non-hydrogen) atoms. The van der Waals surface area contributed by atoms with Gasteiger partial charge in [0, 0.05) is 16.0 Å². The first-order chi connectivity index (χ1) is 17.6. The first kappa shape index (κ1) is 26.5. The fourth-order valence-electron chi connectivity index (χ4n) is 3.96. The highest BCUT2D eigenvalue weighted by molar-refractivity contribution is 7.90. The molecule has 0 fully saturated rings. The molecule has 0 aliphatic carbocycles. The molecule has 4 aromatic rings. The van der Waals surface area contributed by atoms with Crippen LogP contribution in [0.3, 0.4) is 0 Å². The number of carbonyl (C=O) groups is 2. The number of ether oxygens (including phenoxy) is 1. The minimum atomic E-state index is -4.39. The molecule has 7 nitrogen and oxygen atoms in total. The molecule has 0 saturated heterocycles. The standard InChI is InChI=1S/C27H21Cl2NO6S/c1-3-36-27(33)25-21(15-20(26(31)32)17-7-5-4-6-8-17)24-22(29)13-18(28)14-23(24)30(25)37(34,35)19-11-9-16(2)10-12-19/h4-15H,3H2,1-2H3,(H,31,32). The van der Waals surface area contributed by atoms with Gasteiger partial charge in [0.2, 0.25) is 0 Å². The number of aliphatic carboxylic acids is 1. The zero-order chi connectivity index (χ0) is 26.9. The van der Waals surface area contributed by atoms with Crippen molar-refractivity contribution in [3.63, 3.8) is 0 Å². The van der Waals surface area contributed by atoms with Gasteiger partial charge in [-0.05, 0) is 49.8 Å². The molecule has 1 heterocycles. The summed E-state index contributed by atoms with van der Waals surface area (Å²) in [5.74, 6) is -2.25. The quantitative estimate of drug-likeness (QED) is 0.211. The van der Waals surface area contributed by atoms with E-state index < -0.39 is 27.7 Å². The third kappa shape index (κ3) is 5.00. The van der Waals surface area contributed by atoms with E-state index in [1.54, 1.807) is 49.4 Å². The van der Waals surface area contributed by atoms with Crippen LogP contribution in [-0.2, 0) is 19.6 Å². The molecular formula is C27H21Cl2NO6S. The number of hydrogen-bond donors (Lipinski definition) is 1. The van der Waals surface area contributed by atoms with E-state index in [2.05, 4.69) is 0 Å². The first-order valence-corrected chi connectivity index (χ1v) is 13.3. The fraction of sp³-hybridized carbons (Fsp3) is 0.111. The predicted octanol–water partition coefficient (Wildman–Crippen LogP) is 6.30. The van der Waals surface area contributed by atoms with Gasteiger partial charge in [0.15, 0.2) is 5.69 Å². The van der Waals surface area contributed by atoms with Crippen molar-refractivity contribution in [3.05, 3.63) is 99.2 Å². The maximum Gasteiger partial charge on any atom is 0.356 e. The van der Waals surface area contributed by atoms with Gasteiger partial charge in [-0.3, -0.25) is 0 Å².